The first-order valence-electron chi connectivity index (χ1n) is 8.52. The van der Waals surface area contributed by atoms with Crippen molar-refractivity contribution in [3.8, 4) is 0 Å². The SMILES string of the molecule is CCN(CC)CC(C1CCCCC1)N1CCNCC1. The van der Waals surface area contributed by atoms with Crippen molar-refractivity contribution in [2.24, 2.45) is 5.92 Å². The highest BCUT2D eigenvalue weighted by Gasteiger charge is 2.30. The first-order chi connectivity index (χ1) is 9.35. The fraction of sp³-hybridized carbons (Fsp3) is 1.00. The van der Waals surface area contributed by atoms with Gasteiger partial charge in [-0.15, -0.1) is 0 Å². The number of nitrogens with one attached hydrogen (secondary N) is 1. The van der Waals surface area contributed by atoms with Crippen LogP contribution in [0, 0.1) is 5.92 Å². The third kappa shape index (κ3) is 4.44. The van der Waals surface area contributed by atoms with Crippen molar-refractivity contribution in [3.05, 3.63) is 0 Å². The van der Waals surface area contributed by atoms with Crippen molar-refractivity contribution in [3.63, 3.8) is 0 Å². The van der Waals surface area contributed by atoms with E-state index in [1.807, 2.05) is 0 Å². The Morgan fingerprint density at radius 3 is 2.26 bits per heavy atom. The van der Waals surface area contributed by atoms with Gasteiger partial charge < -0.3 is 10.2 Å². The van der Waals surface area contributed by atoms with E-state index in [1.165, 1.54) is 77.9 Å². The highest BCUT2D eigenvalue weighted by molar-refractivity contribution is 4.86. The van der Waals surface area contributed by atoms with Gasteiger partial charge in [-0.25, -0.2) is 0 Å². The predicted molar refractivity (Wildman–Crippen MR) is 82.6 cm³/mol. The lowest BCUT2D eigenvalue weighted by Crippen LogP contribution is -2.55. The van der Waals surface area contributed by atoms with E-state index in [0.717, 1.165) is 12.0 Å². The van der Waals surface area contributed by atoms with Gasteiger partial charge in [0.05, 0.1) is 0 Å². The zero-order valence-corrected chi connectivity index (χ0v) is 13.0. The quantitative estimate of drug-likeness (QED) is 0.796. The van der Waals surface area contributed by atoms with Crippen LogP contribution in [0.5, 0.6) is 0 Å². The summed E-state index contributed by atoms with van der Waals surface area (Å²) in [7, 11) is 0. The maximum Gasteiger partial charge on any atom is 0.0252 e. The van der Waals surface area contributed by atoms with Crippen LogP contribution >= 0.6 is 0 Å². The molecule has 3 heteroatoms. The van der Waals surface area contributed by atoms with Crippen LogP contribution in [0.1, 0.15) is 46.0 Å². The summed E-state index contributed by atoms with van der Waals surface area (Å²) < 4.78 is 0. The normalized spacial score (nSPS) is 24.8. The van der Waals surface area contributed by atoms with Crippen molar-refractivity contribution in [2.75, 3.05) is 45.8 Å². The molecule has 2 rings (SSSR count). The summed E-state index contributed by atoms with van der Waals surface area (Å²) in [6.07, 6.45) is 7.33. The summed E-state index contributed by atoms with van der Waals surface area (Å²) >= 11 is 0. The molecule has 1 N–H and O–H groups in total. The van der Waals surface area contributed by atoms with Crippen LogP contribution in [-0.4, -0.2) is 61.7 Å². The van der Waals surface area contributed by atoms with Gasteiger partial charge >= 0.3 is 0 Å². The highest BCUT2D eigenvalue weighted by atomic mass is 15.2. The third-order valence-corrected chi connectivity index (χ3v) is 5.15. The molecule has 1 aliphatic carbocycles. The predicted octanol–water partition coefficient (Wildman–Crippen LogP) is 2.18. The Morgan fingerprint density at radius 1 is 1.05 bits per heavy atom. The second-order valence-corrected chi connectivity index (χ2v) is 6.24. The number of hydrogen-bond donors (Lipinski definition) is 1. The second-order valence-electron chi connectivity index (χ2n) is 6.24. The van der Waals surface area contributed by atoms with Crippen molar-refractivity contribution in [1.82, 2.24) is 15.1 Å². The maximum absolute atomic E-state index is 3.50. The molecule has 0 amide bonds. The van der Waals surface area contributed by atoms with Crippen molar-refractivity contribution in [1.29, 1.82) is 0 Å². The van der Waals surface area contributed by atoms with Gasteiger partial charge in [0, 0.05) is 38.8 Å². The molecule has 112 valence electrons. The van der Waals surface area contributed by atoms with Crippen LogP contribution in [0.25, 0.3) is 0 Å². The van der Waals surface area contributed by atoms with Crippen molar-refractivity contribution >= 4 is 0 Å². The summed E-state index contributed by atoms with van der Waals surface area (Å²) in [5, 5.41) is 3.50. The lowest BCUT2D eigenvalue weighted by Gasteiger charge is -2.43. The zero-order chi connectivity index (χ0) is 13.5. The highest BCUT2D eigenvalue weighted by Crippen LogP contribution is 2.29. The molecule has 1 atom stereocenters. The molecule has 1 unspecified atom stereocenters. The number of likely N-dealkylation sites (N-methyl/N-ethyl adjacent to an activating group) is 1. The van der Waals surface area contributed by atoms with Crippen LogP contribution in [0.3, 0.4) is 0 Å². The number of hydrogen-bond acceptors (Lipinski definition) is 3. The molecular formula is C16H33N3. The molecule has 19 heavy (non-hydrogen) atoms. The standard InChI is InChI=1S/C16H33N3/c1-3-18(4-2)14-16(15-8-6-5-7-9-15)19-12-10-17-11-13-19/h15-17H,3-14H2,1-2H3. The van der Waals surface area contributed by atoms with E-state index >= 15 is 0 Å². The maximum atomic E-state index is 3.50. The van der Waals surface area contributed by atoms with Gasteiger partial charge in [0.15, 0.2) is 0 Å². The molecule has 1 saturated heterocycles. The summed E-state index contributed by atoms with van der Waals surface area (Å²) in [4.78, 5) is 5.41. The van der Waals surface area contributed by atoms with E-state index in [-0.39, 0.29) is 0 Å². The number of nitrogens with zero attached hydrogens (tertiary/aromatic N) is 2. The molecule has 1 heterocycles. The van der Waals surface area contributed by atoms with E-state index in [2.05, 4.69) is 29.0 Å². The lowest BCUT2D eigenvalue weighted by atomic mass is 9.82. The summed E-state index contributed by atoms with van der Waals surface area (Å²) in [5.41, 5.74) is 0. The average molecular weight is 267 g/mol. The molecule has 0 bridgehead atoms. The van der Waals surface area contributed by atoms with Gasteiger partial charge in [-0.3, -0.25) is 4.90 Å². The molecule has 0 radical (unpaired) electrons. The van der Waals surface area contributed by atoms with Gasteiger partial charge in [0.25, 0.3) is 0 Å². The van der Waals surface area contributed by atoms with E-state index in [0.29, 0.717) is 0 Å². The molecule has 0 aromatic carbocycles. The van der Waals surface area contributed by atoms with Crippen LogP contribution < -0.4 is 5.32 Å². The zero-order valence-electron chi connectivity index (χ0n) is 13.0. The van der Waals surface area contributed by atoms with E-state index in [4.69, 9.17) is 0 Å². The second kappa shape index (κ2) is 8.23. The van der Waals surface area contributed by atoms with E-state index in [1.54, 1.807) is 0 Å². The first kappa shape index (κ1) is 15.3. The molecule has 0 aromatic heterocycles. The van der Waals surface area contributed by atoms with Crippen LogP contribution in [0.15, 0.2) is 0 Å². The molecule has 1 saturated carbocycles. The lowest BCUT2D eigenvalue weighted by molar-refractivity contribution is 0.0720. The smallest absolute Gasteiger partial charge is 0.0252 e. The molecule has 3 nitrogen and oxygen atoms in total. The van der Waals surface area contributed by atoms with Crippen LogP contribution in [-0.2, 0) is 0 Å². The Morgan fingerprint density at radius 2 is 1.68 bits per heavy atom. The minimum atomic E-state index is 0.808. The minimum Gasteiger partial charge on any atom is -0.314 e. The third-order valence-electron chi connectivity index (χ3n) is 5.15. The van der Waals surface area contributed by atoms with Gasteiger partial charge in [0.1, 0.15) is 0 Å². The van der Waals surface area contributed by atoms with Crippen LogP contribution in [0.4, 0.5) is 0 Å². The van der Waals surface area contributed by atoms with E-state index in [9.17, 15) is 0 Å². The Labute approximate surface area is 119 Å². The van der Waals surface area contributed by atoms with Crippen molar-refractivity contribution in [2.45, 2.75) is 52.0 Å². The Balaban J connectivity index is 1.97. The minimum absolute atomic E-state index is 0.808. The van der Waals surface area contributed by atoms with Gasteiger partial charge in [-0.1, -0.05) is 33.1 Å². The molecule has 0 aromatic rings. The molecule has 2 aliphatic rings. The fourth-order valence-corrected chi connectivity index (χ4v) is 3.84. The van der Waals surface area contributed by atoms with E-state index < -0.39 is 0 Å². The number of rotatable bonds is 6. The Hall–Kier alpha value is -0.120. The van der Waals surface area contributed by atoms with Gasteiger partial charge in [-0.2, -0.15) is 0 Å². The Kier molecular flexibility index (Phi) is 6.62. The van der Waals surface area contributed by atoms with Gasteiger partial charge in [0.2, 0.25) is 0 Å². The summed E-state index contributed by atoms with van der Waals surface area (Å²) in [6.45, 7) is 13.2. The fourth-order valence-electron chi connectivity index (χ4n) is 3.84. The topological polar surface area (TPSA) is 18.5 Å². The molecule has 2 fully saturated rings. The first-order valence-corrected chi connectivity index (χ1v) is 8.52. The molecular weight excluding hydrogens is 234 g/mol. The Bertz CT molecular complexity index is 210. The van der Waals surface area contributed by atoms with Crippen LogP contribution in [0.2, 0.25) is 0 Å². The monoisotopic (exact) mass is 267 g/mol. The summed E-state index contributed by atoms with van der Waals surface area (Å²) in [6, 6.07) is 0.808. The van der Waals surface area contributed by atoms with Gasteiger partial charge in [-0.05, 0) is 31.8 Å². The van der Waals surface area contributed by atoms with Crippen molar-refractivity contribution < 1.29 is 0 Å². The summed E-state index contributed by atoms with van der Waals surface area (Å²) in [5.74, 6) is 0.951. The average Bonchev–Trinajstić information content (AvgIpc) is 2.50. The molecule has 1 aliphatic heterocycles. The largest absolute Gasteiger partial charge is 0.314 e. The number of piperazine rings is 1. The molecule has 0 spiro atoms.